The number of nitrogens with zero attached hydrogens (tertiary/aromatic N) is 1. The molecule has 0 atom stereocenters. The van der Waals surface area contributed by atoms with Gasteiger partial charge >= 0.3 is 0 Å². The number of hydrogen-bond acceptors (Lipinski definition) is 4. The number of nitrogens with one attached hydrogen (secondary N) is 2. The van der Waals surface area contributed by atoms with E-state index < -0.39 is 0 Å². The van der Waals surface area contributed by atoms with Gasteiger partial charge in [0.15, 0.2) is 6.61 Å². The minimum absolute atomic E-state index is 0.0204. The molecule has 1 aliphatic rings. The first-order valence-corrected chi connectivity index (χ1v) is 9.68. The Hall–Kier alpha value is -3.26. The summed E-state index contributed by atoms with van der Waals surface area (Å²) >= 11 is 0. The summed E-state index contributed by atoms with van der Waals surface area (Å²) in [5.41, 5.74) is 2.75. The van der Waals surface area contributed by atoms with E-state index in [1.807, 2.05) is 42.5 Å². The summed E-state index contributed by atoms with van der Waals surface area (Å²) in [6.45, 7) is 0.0204. The van der Waals surface area contributed by atoms with Crippen LogP contribution in [-0.4, -0.2) is 18.6 Å². The van der Waals surface area contributed by atoms with E-state index in [1.165, 1.54) is 38.2 Å². The molecule has 2 N–H and O–H groups in total. The molecule has 0 saturated heterocycles. The van der Waals surface area contributed by atoms with Gasteiger partial charge < -0.3 is 15.4 Å². The van der Waals surface area contributed by atoms with Gasteiger partial charge in [-0.25, -0.2) is 0 Å². The van der Waals surface area contributed by atoms with Gasteiger partial charge in [0.25, 0.3) is 0 Å². The van der Waals surface area contributed by atoms with E-state index in [0.717, 1.165) is 16.9 Å². The van der Waals surface area contributed by atoms with Crippen LogP contribution in [0.3, 0.4) is 0 Å². The van der Waals surface area contributed by atoms with Crippen molar-refractivity contribution in [3.8, 4) is 11.8 Å². The van der Waals surface area contributed by atoms with Crippen molar-refractivity contribution in [2.24, 2.45) is 0 Å². The molecule has 1 saturated carbocycles. The predicted octanol–water partition coefficient (Wildman–Crippen LogP) is 4.99. The monoisotopic (exact) mass is 375 g/mol. The standard InChI is InChI=1S/C23H25N3O2/c24-16-17-28-22-13-6-18(7-14-22)8-15-23(27)26-21-11-9-20(10-12-21)25-19-4-2-1-3-5-19/h6-15,19,25H,1-5,17H2,(H,26,27)/b15-8+. The van der Waals surface area contributed by atoms with Crippen LogP contribution in [0.5, 0.6) is 5.75 Å². The fraction of sp³-hybridized carbons (Fsp3) is 0.304. The van der Waals surface area contributed by atoms with Gasteiger partial charge in [0.05, 0.1) is 0 Å². The molecule has 3 rings (SSSR count). The Morgan fingerprint density at radius 2 is 1.71 bits per heavy atom. The summed E-state index contributed by atoms with van der Waals surface area (Å²) < 4.78 is 5.20. The number of hydrogen-bond donors (Lipinski definition) is 2. The third kappa shape index (κ3) is 6.17. The Labute approximate surface area is 166 Å². The van der Waals surface area contributed by atoms with E-state index in [1.54, 1.807) is 18.2 Å². The number of carbonyl (C=O) groups is 1. The van der Waals surface area contributed by atoms with Crippen molar-refractivity contribution in [2.45, 2.75) is 38.1 Å². The van der Waals surface area contributed by atoms with Gasteiger partial charge in [-0.05, 0) is 60.9 Å². The molecule has 0 aliphatic heterocycles. The van der Waals surface area contributed by atoms with Crippen LogP contribution >= 0.6 is 0 Å². The zero-order chi connectivity index (χ0) is 19.6. The summed E-state index contributed by atoms with van der Waals surface area (Å²) in [6.07, 6.45) is 9.64. The van der Waals surface area contributed by atoms with E-state index in [0.29, 0.717) is 11.8 Å². The van der Waals surface area contributed by atoms with E-state index in [9.17, 15) is 4.79 Å². The third-order valence-corrected chi connectivity index (χ3v) is 4.74. The number of rotatable bonds is 7. The van der Waals surface area contributed by atoms with Crippen molar-refractivity contribution in [1.29, 1.82) is 5.26 Å². The first kappa shape index (κ1) is 19.5. The minimum atomic E-state index is -0.183. The van der Waals surface area contributed by atoms with Gasteiger partial charge in [-0.3, -0.25) is 4.79 Å². The van der Waals surface area contributed by atoms with Gasteiger partial charge in [0.2, 0.25) is 5.91 Å². The SMILES string of the molecule is N#CCOc1ccc(/C=C/C(=O)Nc2ccc(NC3CCCCC3)cc2)cc1. The lowest BCUT2D eigenvalue weighted by atomic mass is 9.95. The lowest BCUT2D eigenvalue weighted by Crippen LogP contribution is -2.22. The molecule has 0 aromatic heterocycles. The zero-order valence-electron chi connectivity index (χ0n) is 15.9. The predicted molar refractivity (Wildman–Crippen MR) is 112 cm³/mol. The number of benzene rings is 2. The number of nitriles is 1. The highest BCUT2D eigenvalue weighted by Gasteiger charge is 2.12. The van der Waals surface area contributed by atoms with Crippen molar-refractivity contribution in [3.05, 3.63) is 60.2 Å². The quantitative estimate of drug-likeness (QED) is 0.669. The number of anilines is 2. The van der Waals surface area contributed by atoms with Crippen molar-refractivity contribution in [2.75, 3.05) is 17.2 Å². The molecule has 1 aliphatic carbocycles. The van der Waals surface area contributed by atoms with Gasteiger partial charge in [-0.15, -0.1) is 0 Å². The summed E-state index contributed by atoms with van der Waals surface area (Å²) in [5, 5.41) is 14.9. The molecule has 28 heavy (non-hydrogen) atoms. The van der Waals surface area contributed by atoms with Crippen LogP contribution in [0.4, 0.5) is 11.4 Å². The van der Waals surface area contributed by atoms with Gasteiger partial charge in [0.1, 0.15) is 11.8 Å². The maximum Gasteiger partial charge on any atom is 0.248 e. The Bertz CT molecular complexity index is 830. The largest absolute Gasteiger partial charge is 0.479 e. The van der Waals surface area contributed by atoms with Crippen LogP contribution < -0.4 is 15.4 Å². The Morgan fingerprint density at radius 1 is 1.04 bits per heavy atom. The molecule has 2 aromatic rings. The summed E-state index contributed by atoms with van der Waals surface area (Å²) in [6, 6.07) is 17.5. The molecule has 0 radical (unpaired) electrons. The molecule has 0 spiro atoms. The molecule has 1 amide bonds. The van der Waals surface area contributed by atoms with E-state index in [2.05, 4.69) is 10.6 Å². The lowest BCUT2D eigenvalue weighted by Gasteiger charge is -2.23. The fourth-order valence-corrected chi connectivity index (χ4v) is 3.28. The normalized spacial score (nSPS) is 14.4. The van der Waals surface area contributed by atoms with Crippen LogP contribution in [0.2, 0.25) is 0 Å². The molecule has 144 valence electrons. The topological polar surface area (TPSA) is 74.1 Å². The lowest BCUT2D eigenvalue weighted by molar-refractivity contribution is -0.111. The second kappa shape index (κ2) is 10.2. The molecular weight excluding hydrogens is 350 g/mol. The van der Waals surface area contributed by atoms with Gasteiger partial charge in [-0.1, -0.05) is 31.4 Å². The second-order valence-electron chi connectivity index (χ2n) is 6.90. The fourth-order valence-electron chi connectivity index (χ4n) is 3.28. The molecular formula is C23H25N3O2. The molecule has 5 heteroatoms. The number of ether oxygens (including phenoxy) is 1. The van der Waals surface area contributed by atoms with E-state index in [4.69, 9.17) is 10.00 Å². The van der Waals surface area contributed by atoms with Crippen molar-refractivity contribution >= 4 is 23.4 Å². The van der Waals surface area contributed by atoms with Crippen LogP contribution in [-0.2, 0) is 4.79 Å². The molecule has 2 aromatic carbocycles. The highest BCUT2D eigenvalue weighted by atomic mass is 16.5. The average Bonchev–Trinajstić information content (AvgIpc) is 2.74. The van der Waals surface area contributed by atoms with Gasteiger partial charge in [0, 0.05) is 23.5 Å². The smallest absolute Gasteiger partial charge is 0.248 e. The molecule has 5 nitrogen and oxygen atoms in total. The Kier molecular flexibility index (Phi) is 7.08. The zero-order valence-corrected chi connectivity index (χ0v) is 15.9. The summed E-state index contributed by atoms with van der Waals surface area (Å²) in [4.78, 5) is 12.1. The van der Waals surface area contributed by atoms with Crippen LogP contribution in [0, 0.1) is 11.3 Å². The maximum atomic E-state index is 12.1. The molecule has 1 fully saturated rings. The Balaban J connectivity index is 1.48. The first-order chi connectivity index (χ1) is 13.7. The van der Waals surface area contributed by atoms with Crippen molar-refractivity contribution in [1.82, 2.24) is 0 Å². The van der Waals surface area contributed by atoms with Crippen LogP contribution in [0.15, 0.2) is 54.6 Å². The molecule has 0 unspecified atom stereocenters. The van der Waals surface area contributed by atoms with E-state index >= 15 is 0 Å². The Morgan fingerprint density at radius 3 is 2.39 bits per heavy atom. The maximum absolute atomic E-state index is 12.1. The molecule has 0 bridgehead atoms. The van der Waals surface area contributed by atoms with Crippen molar-refractivity contribution < 1.29 is 9.53 Å². The number of amides is 1. The van der Waals surface area contributed by atoms with Gasteiger partial charge in [-0.2, -0.15) is 5.26 Å². The highest BCUT2D eigenvalue weighted by Crippen LogP contribution is 2.22. The first-order valence-electron chi connectivity index (χ1n) is 9.68. The average molecular weight is 375 g/mol. The summed E-state index contributed by atoms with van der Waals surface area (Å²) in [7, 11) is 0. The number of carbonyl (C=O) groups excluding carboxylic acids is 1. The molecule has 0 heterocycles. The summed E-state index contributed by atoms with van der Waals surface area (Å²) in [5.74, 6) is 0.447. The van der Waals surface area contributed by atoms with Crippen LogP contribution in [0.25, 0.3) is 6.08 Å². The second-order valence-corrected chi connectivity index (χ2v) is 6.90. The highest BCUT2D eigenvalue weighted by molar-refractivity contribution is 6.02. The van der Waals surface area contributed by atoms with Crippen molar-refractivity contribution in [3.63, 3.8) is 0 Å². The minimum Gasteiger partial charge on any atom is -0.479 e. The van der Waals surface area contributed by atoms with E-state index in [-0.39, 0.29) is 12.5 Å². The third-order valence-electron chi connectivity index (χ3n) is 4.74. The van der Waals surface area contributed by atoms with Crippen LogP contribution in [0.1, 0.15) is 37.7 Å².